The number of hydrogen-bond donors (Lipinski definition) is 0. The number of rotatable bonds is 1. The van der Waals surface area contributed by atoms with E-state index in [4.69, 9.17) is 0 Å². The minimum Gasteiger partial charge on any atom is -0.754 e. The molecule has 0 aliphatic rings. The van der Waals surface area contributed by atoms with Gasteiger partial charge in [0.25, 0.3) is 0 Å². The molecule has 0 heterocycles. The summed E-state index contributed by atoms with van der Waals surface area (Å²) in [5.74, 6) is 0. The Morgan fingerprint density at radius 2 is 1.62 bits per heavy atom. The van der Waals surface area contributed by atoms with Gasteiger partial charge in [0, 0.05) is 32.7 Å². The Kier molecular flexibility index (Phi) is 18.0. The van der Waals surface area contributed by atoms with E-state index in [0.717, 1.165) is 0 Å². The molecule has 0 bridgehead atoms. The monoisotopic (exact) mass is 395 g/mol. The van der Waals surface area contributed by atoms with Crippen LogP contribution in [0.2, 0.25) is 0 Å². The summed E-state index contributed by atoms with van der Waals surface area (Å²) in [6.45, 7) is 3.58. The summed E-state index contributed by atoms with van der Waals surface area (Å²) in [5.41, 5.74) is 1.62. The molecule has 0 aliphatic heterocycles. The molecule has 1 radical (unpaired) electrons. The van der Waals surface area contributed by atoms with Gasteiger partial charge in [0.2, 0.25) is 0 Å². The van der Waals surface area contributed by atoms with Crippen molar-refractivity contribution in [3.63, 3.8) is 0 Å². The Morgan fingerprint density at radius 1 is 1.05 bits per heavy atom. The van der Waals surface area contributed by atoms with Crippen LogP contribution in [0, 0.1) is 32.0 Å². The summed E-state index contributed by atoms with van der Waals surface area (Å²) in [6, 6.07) is 18.3. The third kappa shape index (κ3) is 11.6. The third-order valence-electron chi connectivity index (χ3n) is 2.11. The van der Waals surface area contributed by atoms with E-state index in [2.05, 4.69) is 18.2 Å². The Labute approximate surface area is 196 Å². The second-order valence-electron chi connectivity index (χ2n) is 3.62. The van der Waals surface area contributed by atoms with Crippen molar-refractivity contribution in [2.24, 2.45) is 0 Å². The van der Waals surface area contributed by atoms with Gasteiger partial charge in [-0.3, -0.25) is 26.1 Å². The van der Waals surface area contributed by atoms with Crippen LogP contribution in [-0.4, -0.2) is 13.0 Å². The first-order chi connectivity index (χ1) is 8.41. The van der Waals surface area contributed by atoms with Crippen LogP contribution in [-0.2, 0) is 42.8 Å². The predicted octanol–water partition coefficient (Wildman–Crippen LogP) is -3.70. The fourth-order valence-electron chi connectivity index (χ4n) is 1.19. The average Bonchev–Trinajstić information content (AvgIpc) is 2.30. The van der Waals surface area contributed by atoms with Crippen LogP contribution in [0.1, 0.15) is 11.1 Å². The van der Waals surface area contributed by atoms with Crippen molar-refractivity contribution in [3.05, 3.63) is 65.7 Å². The van der Waals surface area contributed by atoms with Crippen LogP contribution in [0.25, 0.3) is 0 Å². The molecular weight excluding hydrogens is 383 g/mol. The largest absolute Gasteiger partial charge is 1.00 e. The molecule has 0 aromatic heterocycles. The van der Waals surface area contributed by atoms with Crippen LogP contribution < -0.4 is 59.1 Å². The van der Waals surface area contributed by atoms with Gasteiger partial charge in [0.15, 0.2) is 0 Å². The van der Waals surface area contributed by atoms with E-state index in [1.54, 1.807) is 19.1 Å². The molecule has 0 saturated heterocycles. The Bertz CT molecular complexity index is 605. The maximum absolute atomic E-state index is 10.5. The molecule has 2 aromatic carbocycles. The molecule has 2 aromatic rings. The molecule has 7 heteroatoms. The van der Waals surface area contributed by atoms with E-state index in [-0.39, 0.29) is 96.7 Å². The summed E-state index contributed by atoms with van der Waals surface area (Å²) >= 11 is 0. The first-order valence-corrected chi connectivity index (χ1v) is 6.59. The van der Waals surface area contributed by atoms with Crippen LogP contribution >= 0.6 is 0 Å². The number of aryl methyl sites for hydroxylation is 2. The molecule has 0 atom stereocenters. The van der Waals surface area contributed by atoms with Crippen molar-refractivity contribution < 1.29 is 105 Å². The zero-order valence-electron chi connectivity index (χ0n) is 12.7. The third-order valence-corrected chi connectivity index (χ3v) is 3.09. The van der Waals surface area contributed by atoms with E-state index in [9.17, 15) is 13.0 Å². The summed E-state index contributed by atoms with van der Waals surface area (Å²) in [4.78, 5) is -0.194. The Balaban J connectivity index is -0.000000288. The summed E-state index contributed by atoms with van der Waals surface area (Å²) in [7, 11) is -4.31. The van der Waals surface area contributed by atoms with Crippen molar-refractivity contribution in [2.45, 2.75) is 18.7 Å². The molecule has 21 heavy (non-hydrogen) atoms. The summed E-state index contributed by atoms with van der Waals surface area (Å²) < 4.78 is 31.4. The Hall–Kier alpha value is 1.45. The molecular formula is C14H12Na2O3SY-2. The molecule has 0 N–H and O–H groups in total. The van der Waals surface area contributed by atoms with E-state index < -0.39 is 10.1 Å². The second kappa shape index (κ2) is 13.9. The van der Waals surface area contributed by atoms with Gasteiger partial charge in [-0.15, -0.1) is 5.56 Å². The maximum Gasteiger partial charge on any atom is 1.00 e. The number of hydrogen-bond acceptors (Lipinski definition) is 3. The van der Waals surface area contributed by atoms with Crippen LogP contribution in [0.4, 0.5) is 0 Å². The molecule has 0 aliphatic carbocycles. The van der Waals surface area contributed by atoms with Gasteiger partial charge < -0.3 is 22.8 Å². The molecule has 2 rings (SSSR count). The van der Waals surface area contributed by atoms with Crippen molar-refractivity contribution in [2.75, 3.05) is 0 Å². The first kappa shape index (κ1) is 27.3. The van der Waals surface area contributed by atoms with Crippen LogP contribution in [0.5, 0.6) is 0 Å². The topological polar surface area (TPSA) is 57.2 Å². The quantitative estimate of drug-likeness (QED) is 0.284. The van der Waals surface area contributed by atoms with Gasteiger partial charge in [-0.2, -0.15) is 24.3 Å². The fourth-order valence-corrected chi connectivity index (χ4v) is 1.86. The molecule has 0 spiro atoms. The van der Waals surface area contributed by atoms with Gasteiger partial charge in [0.05, 0.1) is 10.1 Å². The molecule has 0 amide bonds. The second-order valence-corrected chi connectivity index (χ2v) is 4.97. The van der Waals surface area contributed by atoms with E-state index in [1.165, 1.54) is 17.7 Å². The molecule has 99 valence electrons. The average molecular weight is 395 g/mol. The van der Waals surface area contributed by atoms with Crippen LogP contribution in [0.3, 0.4) is 0 Å². The summed E-state index contributed by atoms with van der Waals surface area (Å²) in [6.07, 6.45) is 0. The van der Waals surface area contributed by atoms with Crippen molar-refractivity contribution in [1.82, 2.24) is 0 Å². The zero-order valence-corrected chi connectivity index (χ0v) is 20.3. The SMILES string of the molecule is Cc1[c-]c[c-]cc1.Cc1cc[c-]cc1S(=O)(=O)[O-].[Na+].[Na+].[Y]. The van der Waals surface area contributed by atoms with E-state index >= 15 is 0 Å². The minimum absolute atomic E-state index is 0. The van der Waals surface area contributed by atoms with Gasteiger partial charge in [-0.25, -0.2) is 0 Å². The first-order valence-electron chi connectivity index (χ1n) is 5.18. The van der Waals surface area contributed by atoms with Gasteiger partial charge in [-0.05, 0) is 0 Å². The van der Waals surface area contributed by atoms with Crippen molar-refractivity contribution in [3.8, 4) is 0 Å². The molecule has 0 unspecified atom stereocenters. The molecule has 0 saturated carbocycles. The fraction of sp³-hybridized carbons (Fsp3) is 0.143. The van der Waals surface area contributed by atoms with Gasteiger partial charge >= 0.3 is 59.1 Å². The number of benzene rings is 2. The van der Waals surface area contributed by atoms with Crippen molar-refractivity contribution in [1.29, 1.82) is 0 Å². The van der Waals surface area contributed by atoms with Gasteiger partial charge in [0.1, 0.15) is 0 Å². The van der Waals surface area contributed by atoms with Crippen molar-refractivity contribution >= 4 is 10.1 Å². The zero-order chi connectivity index (χ0) is 13.6. The standard InChI is InChI=1S/C7H7O3S.C7H6.2Na.Y/c1-6-4-2-3-5-7(6)11(8,9)10;1-7-5-3-2-4-6-7;;;/h2,4-5H,1H3,(H,8,9,10);3-5H,1H3;;;/q-1;-2;2*+1;/p-1. The Morgan fingerprint density at radius 3 is 1.90 bits per heavy atom. The van der Waals surface area contributed by atoms with E-state index in [1.807, 2.05) is 19.1 Å². The molecule has 0 fully saturated rings. The smallest absolute Gasteiger partial charge is 0.754 e. The molecule has 3 nitrogen and oxygen atoms in total. The van der Waals surface area contributed by atoms with Crippen LogP contribution in [0.15, 0.2) is 41.3 Å². The maximum atomic E-state index is 10.5. The normalized spacial score (nSPS) is 8.90. The van der Waals surface area contributed by atoms with E-state index in [0.29, 0.717) is 5.56 Å². The minimum atomic E-state index is -4.31. The van der Waals surface area contributed by atoms with Gasteiger partial charge in [-0.1, -0.05) is 18.7 Å². The summed E-state index contributed by atoms with van der Waals surface area (Å²) in [5, 5.41) is 0. The predicted molar refractivity (Wildman–Crippen MR) is 66.8 cm³/mol.